The summed E-state index contributed by atoms with van der Waals surface area (Å²) in [6.45, 7) is 2.10. The number of rotatable bonds is 2. The molecule has 0 fully saturated rings. The summed E-state index contributed by atoms with van der Waals surface area (Å²) >= 11 is 11.6. The standard InChI is InChI=1S/C12H10BrClS/c1-8-6-7-15-12(8)11(14)9-2-4-10(13)5-3-9/h2-7,11H,1H3. The number of hydrogen-bond donors (Lipinski definition) is 0. The molecule has 0 saturated heterocycles. The highest BCUT2D eigenvalue weighted by Crippen LogP contribution is 2.34. The highest BCUT2D eigenvalue weighted by Gasteiger charge is 2.13. The lowest BCUT2D eigenvalue weighted by molar-refractivity contribution is 1.16. The molecule has 2 aromatic rings. The molecule has 78 valence electrons. The summed E-state index contributed by atoms with van der Waals surface area (Å²) in [5.41, 5.74) is 2.41. The monoisotopic (exact) mass is 300 g/mol. The van der Waals surface area contributed by atoms with E-state index in [1.165, 1.54) is 10.4 Å². The molecular formula is C12H10BrClS. The largest absolute Gasteiger partial charge is 0.147 e. The van der Waals surface area contributed by atoms with Crippen molar-refractivity contribution in [1.29, 1.82) is 0 Å². The van der Waals surface area contributed by atoms with Gasteiger partial charge in [0.2, 0.25) is 0 Å². The van der Waals surface area contributed by atoms with Gasteiger partial charge in [0.05, 0.1) is 5.38 Å². The molecule has 0 radical (unpaired) electrons. The molecule has 0 aliphatic carbocycles. The van der Waals surface area contributed by atoms with Crippen LogP contribution >= 0.6 is 38.9 Å². The van der Waals surface area contributed by atoms with Gasteiger partial charge in [-0.1, -0.05) is 28.1 Å². The number of halogens is 2. The minimum atomic E-state index is -0.0295. The van der Waals surface area contributed by atoms with E-state index < -0.39 is 0 Å². The first-order chi connectivity index (χ1) is 7.18. The minimum absolute atomic E-state index is 0.0295. The Kier molecular flexibility index (Phi) is 3.49. The second kappa shape index (κ2) is 4.69. The summed E-state index contributed by atoms with van der Waals surface area (Å²) in [4.78, 5) is 1.24. The fourth-order valence-corrected chi connectivity index (χ4v) is 3.09. The lowest BCUT2D eigenvalue weighted by Crippen LogP contribution is -1.91. The van der Waals surface area contributed by atoms with Crippen LogP contribution in [0.4, 0.5) is 0 Å². The van der Waals surface area contributed by atoms with Crippen molar-refractivity contribution in [1.82, 2.24) is 0 Å². The first-order valence-corrected chi connectivity index (χ1v) is 6.73. The molecule has 1 atom stereocenters. The van der Waals surface area contributed by atoms with E-state index in [1.807, 2.05) is 12.1 Å². The zero-order valence-electron chi connectivity index (χ0n) is 8.21. The van der Waals surface area contributed by atoms with Crippen molar-refractivity contribution in [2.24, 2.45) is 0 Å². The fraction of sp³-hybridized carbons (Fsp3) is 0.167. The van der Waals surface area contributed by atoms with Gasteiger partial charge in [-0.25, -0.2) is 0 Å². The van der Waals surface area contributed by atoms with Gasteiger partial charge in [0.1, 0.15) is 0 Å². The van der Waals surface area contributed by atoms with Gasteiger partial charge in [0.25, 0.3) is 0 Å². The van der Waals surface area contributed by atoms with E-state index in [4.69, 9.17) is 11.6 Å². The first-order valence-electron chi connectivity index (χ1n) is 4.62. The van der Waals surface area contributed by atoms with Crippen LogP contribution in [-0.2, 0) is 0 Å². The summed E-state index contributed by atoms with van der Waals surface area (Å²) in [6, 6.07) is 10.3. The molecule has 15 heavy (non-hydrogen) atoms. The topological polar surface area (TPSA) is 0 Å². The highest BCUT2D eigenvalue weighted by atomic mass is 79.9. The maximum Gasteiger partial charge on any atom is 0.0930 e. The van der Waals surface area contributed by atoms with Gasteiger partial charge >= 0.3 is 0 Å². The quantitative estimate of drug-likeness (QED) is 0.673. The predicted molar refractivity (Wildman–Crippen MR) is 70.9 cm³/mol. The van der Waals surface area contributed by atoms with E-state index in [1.54, 1.807) is 11.3 Å². The van der Waals surface area contributed by atoms with Crippen molar-refractivity contribution < 1.29 is 0 Å². The smallest absolute Gasteiger partial charge is 0.0930 e. The van der Waals surface area contributed by atoms with Crippen molar-refractivity contribution in [2.75, 3.05) is 0 Å². The lowest BCUT2D eigenvalue weighted by atomic mass is 10.1. The van der Waals surface area contributed by atoms with Crippen LogP contribution in [0.5, 0.6) is 0 Å². The van der Waals surface area contributed by atoms with Gasteiger partial charge < -0.3 is 0 Å². The molecular weight excluding hydrogens is 292 g/mol. The molecule has 2 rings (SSSR count). The van der Waals surface area contributed by atoms with E-state index in [-0.39, 0.29) is 5.38 Å². The Hall–Kier alpha value is -0.310. The third-order valence-corrected chi connectivity index (χ3v) is 4.51. The van der Waals surface area contributed by atoms with E-state index >= 15 is 0 Å². The molecule has 0 aliphatic heterocycles. The summed E-state index contributed by atoms with van der Waals surface area (Å²) in [5.74, 6) is 0. The molecule has 1 aromatic carbocycles. The molecule has 0 amide bonds. The van der Waals surface area contributed by atoms with E-state index in [0.717, 1.165) is 10.0 Å². The Bertz CT molecular complexity index is 447. The number of aryl methyl sites for hydroxylation is 1. The second-order valence-electron chi connectivity index (χ2n) is 3.38. The van der Waals surface area contributed by atoms with Crippen LogP contribution in [0.1, 0.15) is 21.4 Å². The van der Waals surface area contributed by atoms with Crippen LogP contribution in [0.15, 0.2) is 40.2 Å². The summed E-state index contributed by atoms with van der Waals surface area (Å²) in [7, 11) is 0. The third kappa shape index (κ3) is 2.44. The number of thiophene rings is 1. The van der Waals surface area contributed by atoms with Crippen LogP contribution in [0.3, 0.4) is 0 Å². The van der Waals surface area contributed by atoms with E-state index in [0.29, 0.717) is 0 Å². The third-order valence-electron chi connectivity index (χ3n) is 2.29. The molecule has 0 N–H and O–H groups in total. The van der Waals surface area contributed by atoms with Gasteiger partial charge in [-0.15, -0.1) is 22.9 Å². The van der Waals surface area contributed by atoms with Gasteiger partial charge in [-0.3, -0.25) is 0 Å². The molecule has 0 bridgehead atoms. The van der Waals surface area contributed by atoms with Crippen molar-refractivity contribution in [3.8, 4) is 0 Å². The molecule has 1 heterocycles. The van der Waals surface area contributed by atoms with E-state index in [2.05, 4.69) is 46.4 Å². The first kappa shape index (κ1) is 11.2. The number of hydrogen-bond acceptors (Lipinski definition) is 1. The Morgan fingerprint density at radius 2 is 1.87 bits per heavy atom. The van der Waals surface area contributed by atoms with Gasteiger partial charge in [0, 0.05) is 9.35 Å². The van der Waals surface area contributed by atoms with Gasteiger partial charge in [-0.05, 0) is 41.6 Å². The molecule has 1 aromatic heterocycles. The molecule has 0 aliphatic rings. The summed E-state index contributed by atoms with van der Waals surface area (Å²) in [5, 5.41) is 2.05. The number of benzene rings is 1. The Morgan fingerprint density at radius 3 is 2.40 bits per heavy atom. The summed E-state index contributed by atoms with van der Waals surface area (Å²) < 4.78 is 1.08. The van der Waals surface area contributed by atoms with Crippen LogP contribution in [0.25, 0.3) is 0 Å². The number of alkyl halides is 1. The SMILES string of the molecule is Cc1ccsc1C(Cl)c1ccc(Br)cc1. The Morgan fingerprint density at radius 1 is 1.20 bits per heavy atom. The van der Waals surface area contributed by atoms with Gasteiger partial charge in [-0.2, -0.15) is 0 Å². The molecule has 0 nitrogen and oxygen atoms in total. The lowest BCUT2D eigenvalue weighted by Gasteiger charge is -2.09. The van der Waals surface area contributed by atoms with Crippen LogP contribution in [0, 0.1) is 6.92 Å². The maximum absolute atomic E-state index is 6.43. The maximum atomic E-state index is 6.43. The molecule has 0 spiro atoms. The zero-order chi connectivity index (χ0) is 10.8. The van der Waals surface area contributed by atoms with Crippen LogP contribution in [0.2, 0.25) is 0 Å². The molecule has 1 unspecified atom stereocenters. The molecule has 0 saturated carbocycles. The summed E-state index contributed by atoms with van der Waals surface area (Å²) in [6.07, 6.45) is 0. The average Bonchev–Trinajstić information content (AvgIpc) is 2.65. The van der Waals surface area contributed by atoms with Crippen LogP contribution in [-0.4, -0.2) is 0 Å². The van der Waals surface area contributed by atoms with Crippen molar-refractivity contribution in [3.05, 3.63) is 56.2 Å². The second-order valence-corrected chi connectivity index (χ2v) is 5.68. The Labute approximate surface area is 107 Å². The zero-order valence-corrected chi connectivity index (χ0v) is 11.4. The predicted octanol–water partition coefficient (Wildman–Crippen LogP) is 5.15. The van der Waals surface area contributed by atoms with E-state index in [9.17, 15) is 0 Å². The average molecular weight is 302 g/mol. The highest BCUT2D eigenvalue weighted by molar-refractivity contribution is 9.10. The minimum Gasteiger partial charge on any atom is -0.147 e. The van der Waals surface area contributed by atoms with Crippen molar-refractivity contribution in [2.45, 2.75) is 12.3 Å². The van der Waals surface area contributed by atoms with Crippen molar-refractivity contribution >= 4 is 38.9 Å². The van der Waals surface area contributed by atoms with Gasteiger partial charge in [0.15, 0.2) is 0 Å². The Balaban J connectivity index is 2.32. The van der Waals surface area contributed by atoms with Crippen molar-refractivity contribution in [3.63, 3.8) is 0 Å². The molecule has 3 heteroatoms. The fourth-order valence-electron chi connectivity index (χ4n) is 1.43. The normalized spacial score (nSPS) is 12.7. The van der Waals surface area contributed by atoms with Crippen LogP contribution < -0.4 is 0 Å².